The molecule has 1 aromatic carbocycles. The van der Waals surface area contributed by atoms with Crippen molar-refractivity contribution >= 4 is 0 Å². The average molecular weight is 202 g/mol. The highest BCUT2D eigenvalue weighted by molar-refractivity contribution is 5.61. The van der Waals surface area contributed by atoms with E-state index in [1.54, 1.807) is 0 Å². The van der Waals surface area contributed by atoms with Gasteiger partial charge in [0.05, 0.1) is 5.69 Å². The fraction of sp³-hybridized carbons (Fsp3) is 0.250. The monoisotopic (exact) mass is 202 g/mol. The van der Waals surface area contributed by atoms with E-state index in [1.165, 1.54) is 0 Å². The largest absolute Gasteiger partial charge is 0.323 e. The number of imidazole rings is 1. The fourth-order valence-corrected chi connectivity index (χ4v) is 1.66. The minimum Gasteiger partial charge on any atom is -0.309 e. The Balaban J connectivity index is 2.58. The second-order valence-corrected chi connectivity index (χ2v) is 3.89. The molecule has 1 heterocycles. The van der Waals surface area contributed by atoms with Crippen molar-refractivity contribution in [2.24, 2.45) is 0 Å². The van der Waals surface area contributed by atoms with E-state index in [-0.39, 0.29) is 5.69 Å². The van der Waals surface area contributed by atoms with Gasteiger partial charge < -0.3 is 9.97 Å². The summed E-state index contributed by atoms with van der Waals surface area (Å²) >= 11 is 0. The number of aromatic amines is 2. The van der Waals surface area contributed by atoms with E-state index in [9.17, 15) is 4.79 Å². The van der Waals surface area contributed by atoms with Gasteiger partial charge in [-0.15, -0.1) is 0 Å². The number of nitrogens with one attached hydrogen (secondary N) is 2. The Morgan fingerprint density at radius 1 is 1.07 bits per heavy atom. The van der Waals surface area contributed by atoms with E-state index in [0.717, 1.165) is 17.0 Å². The maximum absolute atomic E-state index is 11.3. The summed E-state index contributed by atoms with van der Waals surface area (Å²) in [6.45, 7) is 4.12. The first kappa shape index (κ1) is 9.77. The van der Waals surface area contributed by atoms with E-state index in [0.29, 0.717) is 5.92 Å². The lowest BCUT2D eigenvalue weighted by molar-refractivity contribution is 0.831. The third kappa shape index (κ3) is 1.86. The molecule has 0 amide bonds. The summed E-state index contributed by atoms with van der Waals surface area (Å²) in [6.07, 6.45) is 0. The van der Waals surface area contributed by atoms with Gasteiger partial charge in [-0.25, -0.2) is 4.79 Å². The van der Waals surface area contributed by atoms with Crippen LogP contribution in [0.2, 0.25) is 0 Å². The summed E-state index contributed by atoms with van der Waals surface area (Å²) in [5.74, 6) is 0.305. The Morgan fingerprint density at radius 3 is 2.33 bits per heavy atom. The van der Waals surface area contributed by atoms with E-state index >= 15 is 0 Å². The van der Waals surface area contributed by atoms with Gasteiger partial charge in [-0.3, -0.25) is 0 Å². The molecule has 0 radical (unpaired) electrons. The van der Waals surface area contributed by atoms with Gasteiger partial charge >= 0.3 is 5.69 Å². The summed E-state index contributed by atoms with van der Waals surface area (Å²) in [5, 5.41) is 0. The van der Waals surface area contributed by atoms with Crippen LogP contribution in [0.3, 0.4) is 0 Å². The van der Waals surface area contributed by atoms with Crippen molar-refractivity contribution in [3.8, 4) is 11.3 Å². The van der Waals surface area contributed by atoms with Crippen molar-refractivity contribution in [3.05, 3.63) is 46.5 Å². The first-order valence-electron chi connectivity index (χ1n) is 5.06. The van der Waals surface area contributed by atoms with Crippen molar-refractivity contribution in [1.82, 2.24) is 9.97 Å². The molecule has 15 heavy (non-hydrogen) atoms. The Hall–Kier alpha value is -1.77. The molecule has 3 nitrogen and oxygen atoms in total. The zero-order valence-corrected chi connectivity index (χ0v) is 8.87. The third-order valence-corrected chi connectivity index (χ3v) is 2.40. The molecule has 0 aliphatic rings. The molecule has 0 aliphatic carbocycles. The van der Waals surface area contributed by atoms with Gasteiger partial charge in [0.1, 0.15) is 0 Å². The molecule has 1 aromatic heterocycles. The van der Waals surface area contributed by atoms with Crippen LogP contribution in [0, 0.1) is 0 Å². The van der Waals surface area contributed by atoms with Crippen LogP contribution in [0.5, 0.6) is 0 Å². The average Bonchev–Trinajstić information content (AvgIpc) is 2.62. The molecule has 0 spiro atoms. The predicted octanol–water partition coefficient (Wildman–Crippen LogP) is 2.49. The van der Waals surface area contributed by atoms with E-state index in [1.807, 2.05) is 30.3 Å². The molecule has 0 saturated carbocycles. The van der Waals surface area contributed by atoms with Crippen molar-refractivity contribution in [3.63, 3.8) is 0 Å². The standard InChI is InChI=1S/C12H14N2O/c1-8(2)10-11(14-12(15)13-10)9-6-4-3-5-7-9/h3-8H,1-2H3,(H2,13,14,15). The van der Waals surface area contributed by atoms with Gasteiger partial charge in [0, 0.05) is 5.69 Å². The highest BCUT2D eigenvalue weighted by Crippen LogP contribution is 2.23. The van der Waals surface area contributed by atoms with Crippen LogP contribution in [-0.4, -0.2) is 9.97 Å². The summed E-state index contributed by atoms with van der Waals surface area (Å²) in [7, 11) is 0. The van der Waals surface area contributed by atoms with Gasteiger partial charge in [0.2, 0.25) is 0 Å². The minimum atomic E-state index is -0.141. The number of aromatic nitrogens is 2. The summed E-state index contributed by atoms with van der Waals surface area (Å²) in [5.41, 5.74) is 2.76. The molecule has 0 fully saturated rings. The van der Waals surface area contributed by atoms with Crippen molar-refractivity contribution in [2.75, 3.05) is 0 Å². The molecule has 0 atom stereocenters. The third-order valence-electron chi connectivity index (χ3n) is 2.40. The van der Waals surface area contributed by atoms with Gasteiger partial charge in [-0.2, -0.15) is 0 Å². The number of hydrogen-bond donors (Lipinski definition) is 2. The molecule has 0 bridgehead atoms. The molecule has 0 saturated heterocycles. The Kier molecular flexibility index (Phi) is 2.46. The second-order valence-electron chi connectivity index (χ2n) is 3.89. The molecular formula is C12H14N2O. The maximum Gasteiger partial charge on any atom is 0.323 e. The number of H-pyrrole nitrogens is 2. The predicted molar refractivity (Wildman–Crippen MR) is 60.9 cm³/mol. The quantitative estimate of drug-likeness (QED) is 0.772. The van der Waals surface area contributed by atoms with Crippen LogP contribution in [0.4, 0.5) is 0 Å². The van der Waals surface area contributed by atoms with E-state index in [4.69, 9.17) is 0 Å². The first-order valence-corrected chi connectivity index (χ1v) is 5.06. The highest BCUT2D eigenvalue weighted by atomic mass is 16.1. The van der Waals surface area contributed by atoms with Crippen LogP contribution < -0.4 is 5.69 Å². The molecule has 2 N–H and O–H groups in total. The van der Waals surface area contributed by atoms with Crippen molar-refractivity contribution in [2.45, 2.75) is 19.8 Å². The first-order chi connectivity index (χ1) is 7.18. The maximum atomic E-state index is 11.3. The molecular weight excluding hydrogens is 188 g/mol. The number of hydrogen-bond acceptors (Lipinski definition) is 1. The van der Waals surface area contributed by atoms with Crippen LogP contribution >= 0.6 is 0 Å². The smallest absolute Gasteiger partial charge is 0.309 e. The van der Waals surface area contributed by atoms with Crippen LogP contribution in [-0.2, 0) is 0 Å². The van der Waals surface area contributed by atoms with Crippen LogP contribution in [0.25, 0.3) is 11.3 Å². The Labute approximate surface area is 88.2 Å². The van der Waals surface area contributed by atoms with Gasteiger partial charge in [0.25, 0.3) is 0 Å². The lowest BCUT2D eigenvalue weighted by Gasteiger charge is -2.05. The SMILES string of the molecule is CC(C)c1[nH]c(=O)[nH]c1-c1ccccc1. The molecule has 2 rings (SSSR count). The highest BCUT2D eigenvalue weighted by Gasteiger charge is 2.11. The van der Waals surface area contributed by atoms with Gasteiger partial charge in [-0.1, -0.05) is 44.2 Å². The normalized spacial score (nSPS) is 10.9. The second kappa shape index (κ2) is 3.77. The fourth-order valence-electron chi connectivity index (χ4n) is 1.66. The topological polar surface area (TPSA) is 48.6 Å². The van der Waals surface area contributed by atoms with E-state index < -0.39 is 0 Å². The molecule has 2 aromatic rings. The summed E-state index contributed by atoms with van der Waals surface area (Å²) < 4.78 is 0. The van der Waals surface area contributed by atoms with Crippen LogP contribution in [0.1, 0.15) is 25.5 Å². The zero-order valence-electron chi connectivity index (χ0n) is 8.87. The summed E-state index contributed by atoms with van der Waals surface area (Å²) in [4.78, 5) is 16.9. The number of rotatable bonds is 2. The number of benzene rings is 1. The lowest BCUT2D eigenvalue weighted by atomic mass is 10.0. The Morgan fingerprint density at radius 2 is 1.73 bits per heavy atom. The molecule has 0 unspecified atom stereocenters. The lowest BCUT2D eigenvalue weighted by Crippen LogP contribution is -2.01. The summed E-state index contributed by atoms with van der Waals surface area (Å²) in [6, 6.07) is 9.87. The van der Waals surface area contributed by atoms with Crippen molar-refractivity contribution < 1.29 is 0 Å². The minimum absolute atomic E-state index is 0.141. The van der Waals surface area contributed by atoms with E-state index in [2.05, 4.69) is 23.8 Å². The molecule has 3 heteroatoms. The van der Waals surface area contributed by atoms with Crippen LogP contribution in [0.15, 0.2) is 35.1 Å². The zero-order chi connectivity index (χ0) is 10.8. The van der Waals surface area contributed by atoms with Gasteiger partial charge in [0.15, 0.2) is 0 Å². The van der Waals surface area contributed by atoms with Gasteiger partial charge in [-0.05, 0) is 11.5 Å². The van der Waals surface area contributed by atoms with Crippen molar-refractivity contribution in [1.29, 1.82) is 0 Å². The molecule has 78 valence electrons. The Bertz CT molecular complexity index is 494. The molecule has 0 aliphatic heterocycles.